The second-order valence-corrected chi connectivity index (χ2v) is 8.23. The molecule has 0 spiro atoms. The Morgan fingerprint density at radius 3 is 1.85 bits per heavy atom. The SMILES string of the molecule is O=C(N[C@H](C(=O)O)c1ccc(-c2ccccc2)cc1)OCC1c2ccccc2-c2ccccc21. The summed E-state index contributed by atoms with van der Waals surface area (Å²) >= 11 is 0. The highest BCUT2D eigenvalue weighted by Gasteiger charge is 2.30. The van der Waals surface area contributed by atoms with Crippen molar-refractivity contribution >= 4 is 12.1 Å². The van der Waals surface area contributed by atoms with Crippen molar-refractivity contribution in [3.63, 3.8) is 0 Å². The molecule has 34 heavy (non-hydrogen) atoms. The maximum absolute atomic E-state index is 12.6. The molecule has 0 bridgehead atoms. The van der Waals surface area contributed by atoms with Gasteiger partial charge in [0, 0.05) is 5.92 Å². The number of carbonyl (C=O) groups excluding carboxylic acids is 1. The molecule has 0 fully saturated rings. The fraction of sp³-hybridized carbons (Fsp3) is 0.103. The first-order chi connectivity index (χ1) is 16.6. The maximum atomic E-state index is 12.6. The Balaban J connectivity index is 1.28. The summed E-state index contributed by atoms with van der Waals surface area (Å²) in [5.41, 5.74) is 6.94. The third kappa shape index (κ3) is 4.16. The van der Waals surface area contributed by atoms with Gasteiger partial charge in [-0.05, 0) is 38.9 Å². The molecule has 5 rings (SSSR count). The smallest absolute Gasteiger partial charge is 0.408 e. The zero-order valence-corrected chi connectivity index (χ0v) is 18.3. The van der Waals surface area contributed by atoms with Crippen LogP contribution in [0.2, 0.25) is 0 Å². The summed E-state index contributed by atoms with van der Waals surface area (Å²) in [5.74, 6) is -1.24. The lowest BCUT2D eigenvalue weighted by atomic mass is 9.98. The number of nitrogens with one attached hydrogen (secondary N) is 1. The summed E-state index contributed by atoms with van der Waals surface area (Å²) < 4.78 is 5.52. The van der Waals surface area contributed by atoms with Crippen LogP contribution in [0, 0.1) is 0 Å². The Kier molecular flexibility index (Phi) is 5.83. The molecular formula is C29H23NO4. The molecule has 0 radical (unpaired) electrons. The molecule has 5 heteroatoms. The van der Waals surface area contributed by atoms with E-state index in [9.17, 15) is 14.7 Å². The molecule has 1 atom stereocenters. The van der Waals surface area contributed by atoms with Gasteiger partial charge in [-0.1, -0.05) is 103 Å². The predicted octanol–water partition coefficient (Wildman–Crippen LogP) is 6.02. The first-order valence-electron chi connectivity index (χ1n) is 11.1. The molecule has 1 amide bonds. The summed E-state index contributed by atoms with van der Waals surface area (Å²) in [5, 5.41) is 12.2. The van der Waals surface area contributed by atoms with Crippen molar-refractivity contribution < 1.29 is 19.4 Å². The molecule has 0 aromatic heterocycles. The lowest BCUT2D eigenvalue weighted by molar-refractivity contribution is -0.139. The Morgan fingerprint density at radius 1 is 0.735 bits per heavy atom. The number of amides is 1. The number of aliphatic carboxylic acids is 1. The molecule has 0 heterocycles. The van der Waals surface area contributed by atoms with Crippen molar-refractivity contribution in [1.82, 2.24) is 5.32 Å². The summed E-state index contributed by atoms with van der Waals surface area (Å²) in [6, 6.07) is 31.8. The summed E-state index contributed by atoms with van der Waals surface area (Å²) in [7, 11) is 0. The minimum atomic E-state index is -1.21. The fourth-order valence-electron chi connectivity index (χ4n) is 4.54. The average Bonchev–Trinajstić information content (AvgIpc) is 3.20. The number of hydrogen-bond donors (Lipinski definition) is 2. The van der Waals surface area contributed by atoms with Crippen LogP contribution in [0.15, 0.2) is 103 Å². The molecule has 0 saturated heterocycles. The molecule has 1 aliphatic carbocycles. The van der Waals surface area contributed by atoms with Gasteiger partial charge in [0.2, 0.25) is 0 Å². The molecule has 0 saturated carbocycles. The number of carboxylic acid groups (broad SMARTS) is 1. The molecular weight excluding hydrogens is 426 g/mol. The molecule has 4 aromatic carbocycles. The molecule has 5 nitrogen and oxygen atoms in total. The highest BCUT2D eigenvalue weighted by atomic mass is 16.5. The number of fused-ring (bicyclic) bond motifs is 3. The zero-order chi connectivity index (χ0) is 23.5. The normalized spacial score (nSPS) is 12.9. The van der Waals surface area contributed by atoms with Gasteiger partial charge in [0.25, 0.3) is 0 Å². The van der Waals surface area contributed by atoms with E-state index in [1.807, 2.05) is 78.9 Å². The Labute approximate surface area is 197 Å². The third-order valence-electron chi connectivity index (χ3n) is 6.20. The largest absolute Gasteiger partial charge is 0.479 e. The Hall–Kier alpha value is -4.38. The van der Waals surface area contributed by atoms with Crippen LogP contribution in [0.1, 0.15) is 28.7 Å². The molecule has 1 aliphatic rings. The van der Waals surface area contributed by atoms with E-state index in [-0.39, 0.29) is 12.5 Å². The van der Waals surface area contributed by atoms with Crippen molar-refractivity contribution in [2.24, 2.45) is 0 Å². The number of carboxylic acids is 1. The number of carbonyl (C=O) groups is 2. The maximum Gasteiger partial charge on any atom is 0.408 e. The Morgan fingerprint density at radius 2 is 1.26 bits per heavy atom. The number of alkyl carbamates (subject to hydrolysis) is 1. The average molecular weight is 450 g/mol. The second-order valence-electron chi connectivity index (χ2n) is 8.23. The fourth-order valence-corrected chi connectivity index (χ4v) is 4.54. The number of rotatable bonds is 6. The van der Waals surface area contributed by atoms with Gasteiger partial charge in [-0.2, -0.15) is 0 Å². The van der Waals surface area contributed by atoms with E-state index in [4.69, 9.17) is 4.74 Å². The quantitative estimate of drug-likeness (QED) is 0.378. The highest BCUT2D eigenvalue weighted by molar-refractivity contribution is 5.82. The lowest BCUT2D eigenvalue weighted by Gasteiger charge is -2.18. The van der Waals surface area contributed by atoms with Gasteiger partial charge >= 0.3 is 12.1 Å². The number of ether oxygens (including phenoxy) is 1. The van der Waals surface area contributed by atoms with Crippen molar-refractivity contribution in [3.8, 4) is 22.3 Å². The van der Waals surface area contributed by atoms with Crippen molar-refractivity contribution in [1.29, 1.82) is 0 Å². The van der Waals surface area contributed by atoms with Gasteiger partial charge in [0.1, 0.15) is 6.61 Å². The van der Waals surface area contributed by atoms with E-state index >= 15 is 0 Å². The summed E-state index contributed by atoms with van der Waals surface area (Å²) in [6.45, 7) is 0.124. The van der Waals surface area contributed by atoms with E-state index in [0.717, 1.165) is 33.4 Å². The van der Waals surface area contributed by atoms with Crippen molar-refractivity contribution in [2.45, 2.75) is 12.0 Å². The lowest BCUT2D eigenvalue weighted by Crippen LogP contribution is -2.34. The molecule has 168 valence electrons. The number of benzene rings is 4. The monoisotopic (exact) mass is 449 g/mol. The van der Waals surface area contributed by atoms with Gasteiger partial charge in [-0.15, -0.1) is 0 Å². The molecule has 2 N–H and O–H groups in total. The molecule has 0 aliphatic heterocycles. The highest BCUT2D eigenvalue weighted by Crippen LogP contribution is 2.44. The minimum Gasteiger partial charge on any atom is -0.479 e. The van der Waals surface area contributed by atoms with E-state index in [0.29, 0.717) is 5.56 Å². The van der Waals surface area contributed by atoms with Gasteiger partial charge in [0.15, 0.2) is 6.04 Å². The van der Waals surface area contributed by atoms with Crippen molar-refractivity contribution in [2.75, 3.05) is 6.61 Å². The van der Waals surface area contributed by atoms with Gasteiger partial charge in [-0.25, -0.2) is 9.59 Å². The van der Waals surface area contributed by atoms with E-state index in [2.05, 4.69) is 17.4 Å². The van der Waals surface area contributed by atoms with Gasteiger partial charge in [0.05, 0.1) is 0 Å². The van der Waals surface area contributed by atoms with E-state index in [1.165, 1.54) is 0 Å². The standard InChI is InChI=1S/C29H23NO4/c31-28(32)27(21-16-14-20(15-17-21)19-8-2-1-3-9-19)30-29(33)34-18-26-24-12-6-4-10-22(24)23-11-5-7-13-25(23)26/h1-17,26-27H,18H2,(H,30,33)(H,31,32)/t27-/m0/s1. The van der Waals surface area contributed by atoms with Crippen LogP contribution >= 0.6 is 0 Å². The summed E-state index contributed by atoms with van der Waals surface area (Å²) in [4.78, 5) is 24.5. The minimum absolute atomic E-state index is 0.0911. The Bertz CT molecular complexity index is 1290. The second kappa shape index (κ2) is 9.24. The van der Waals surface area contributed by atoms with Crippen LogP contribution < -0.4 is 5.32 Å². The van der Waals surface area contributed by atoms with E-state index < -0.39 is 18.1 Å². The van der Waals surface area contributed by atoms with Crippen LogP contribution in [-0.2, 0) is 9.53 Å². The molecule has 0 unspecified atom stereocenters. The van der Waals surface area contributed by atoms with Crippen molar-refractivity contribution in [3.05, 3.63) is 120 Å². The molecule has 4 aromatic rings. The summed E-state index contributed by atoms with van der Waals surface area (Å²) in [6.07, 6.45) is -0.763. The van der Waals surface area contributed by atoms with Crippen LogP contribution in [0.3, 0.4) is 0 Å². The van der Waals surface area contributed by atoms with Crippen LogP contribution in [0.4, 0.5) is 4.79 Å². The first-order valence-corrected chi connectivity index (χ1v) is 11.1. The first kappa shape index (κ1) is 21.5. The van der Waals surface area contributed by atoms with Gasteiger partial charge in [-0.3, -0.25) is 0 Å². The third-order valence-corrected chi connectivity index (χ3v) is 6.20. The van der Waals surface area contributed by atoms with Crippen LogP contribution in [0.25, 0.3) is 22.3 Å². The number of hydrogen-bond acceptors (Lipinski definition) is 3. The van der Waals surface area contributed by atoms with Crippen LogP contribution in [0.5, 0.6) is 0 Å². The topological polar surface area (TPSA) is 75.6 Å². The van der Waals surface area contributed by atoms with Gasteiger partial charge < -0.3 is 15.2 Å². The predicted molar refractivity (Wildman–Crippen MR) is 130 cm³/mol. The zero-order valence-electron chi connectivity index (χ0n) is 18.3. The van der Waals surface area contributed by atoms with Crippen LogP contribution in [-0.4, -0.2) is 23.8 Å². The van der Waals surface area contributed by atoms with E-state index in [1.54, 1.807) is 12.1 Å².